The summed E-state index contributed by atoms with van der Waals surface area (Å²) in [6.45, 7) is -0.212. The lowest BCUT2D eigenvalue weighted by Gasteiger charge is -2.10. The second-order valence-electron chi connectivity index (χ2n) is 2.93. The number of hydrogen-bond donors (Lipinski definition) is 2. The first-order chi connectivity index (χ1) is 6.97. The molecule has 0 amide bonds. The Bertz CT molecular complexity index is 375. The van der Waals surface area contributed by atoms with E-state index < -0.39 is 28.5 Å². The Hall–Kier alpha value is -1.20. The topological polar surface area (TPSA) is 63.3 Å². The van der Waals surface area contributed by atoms with Crippen molar-refractivity contribution >= 4 is 17.6 Å². The lowest BCUT2D eigenvalue weighted by molar-refractivity contribution is -0.138. The third-order valence-corrected chi connectivity index (χ3v) is 2.22. The van der Waals surface area contributed by atoms with Gasteiger partial charge in [0.05, 0.1) is 10.9 Å². The fraction of sp³-hybridized carbons (Fsp3) is 0.222. The van der Waals surface area contributed by atoms with Crippen LogP contribution in [-0.2, 0) is 4.79 Å². The first-order valence-electron chi connectivity index (χ1n) is 4.04. The highest BCUT2D eigenvalue weighted by molar-refractivity contribution is 6.30. The predicted molar refractivity (Wildman–Crippen MR) is 50.8 cm³/mol. The zero-order chi connectivity index (χ0) is 11.6. The first-order valence-corrected chi connectivity index (χ1v) is 4.42. The lowest BCUT2D eigenvalue weighted by atomic mass is 9.99. The van der Waals surface area contributed by atoms with E-state index in [0.29, 0.717) is 0 Å². The third kappa shape index (κ3) is 2.43. The summed E-state index contributed by atoms with van der Waals surface area (Å²) in [7, 11) is 0. The summed E-state index contributed by atoms with van der Waals surface area (Å²) in [4.78, 5) is 10.7. The highest BCUT2D eigenvalue weighted by Crippen LogP contribution is 2.24. The standard InChI is InChI=1S/C9H8ClF2NO2/c10-6-1-4(2-7(11)8(6)12)5(3-13)9(14)15/h1-2,5H,3,13H2,(H,14,15). The van der Waals surface area contributed by atoms with E-state index in [1.807, 2.05) is 0 Å². The summed E-state index contributed by atoms with van der Waals surface area (Å²) < 4.78 is 25.7. The molecular formula is C9H8ClF2NO2. The lowest BCUT2D eigenvalue weighted by Crippen LogP contribution is -2.21. The molecular weight excluding hydrogens is 228 g/mol. The molecule has 3 nitrogen and oxygen atoms in total. The van der Waals surface area contributed by atoms with E-state index in [-0.39, 0.29) is 12.1 Å². The van der Waals surface area contributed by atoms with E-state index in [1.54, 1.807) is 0 Å². The van der Waals surface area contributed by atoms with Crippen molar-refractivity contribution < 1.29 is 18.7 Å². The minimum Gasteiger partial charge on any atom is -0.481 e. The quantitative estimate of drug-likeness (QED) is 0.785. The molecule has 0 saturated carbocycles. The Kier molecular flexibility index (Phi) is 3.60. The van der Waals surface area contributed by atoms with Crippen molar-refractivity contribution in [3.63, 3.8) is 0 Å². The molecule has 0 aliphatic rings. The summed E-state index contributed by atoms with van der Waals surface area (Å²) in [5, 5.41) is 8.28. The molecule has 0 heterocycles. The number of halogens is 3. The number of benzene rings is 1. The number of aliphatic carboxylic acids is 1. The van der Waals surface area contributed by atoms with Crippen molar-refractivity contribution in [1.29, 1.82) is 0 Å². The average molecular weight is 236 g/mol. The second kappa shape index (κ2) is 4.55. The second-order valence-corrected chi connectivity index (χ2v) is 3.33. The fourth-order valence-electron chi connectivity index (χ4n) is 1.16. The Labute approximate surface area is 89.5 Å². The van der Waals surface area contributed by atoms with Crippen LogP contribution in [0.15, 0.2) is 12.1 Å². The van der Waals surface area contributed by atoms with Crippen LogP contribution in [0.3, 0.4) is 0 Å². The average Bonchev–Trinajstić information content (AvgIpc) is 2.14. The molecule has 1 unspecified atom stereocenters. The van der Waals surface area contributed by atoms with Gasteiger partial charge in [0.25, 0.3) is 0 Å². The molecule has 0 bridgehead atoms. The fourth-order valence-corrected chi connectivity index (χ4v) is 1.37. The third-order valence-electron chi connectivity index (χ3n) is 1.94. The van der Waals surface area contributed by atoms with E-state index in [9.17, 15) is 13.6 Å². The van der Waals surface area contributed by atoms with E-state index in [1.165, 1.54) is 0 Å². The summed E-state index contributed by atoms with van der Waals surface area (Å²) in [5.74, 6) is -4.67. The van der Waals surface area contributed by atoms with E-state index in [0.717, 1.165) is 12.1 Å². The van der Waals surface area contributed by atoms with Gasteiger partial charge in [-0.1, -0.05) is 11.6 Å². The molecule has 0 aromatic heterocycles. The van der Waals surface area contributed by atoms with Gasteiger partial charge in [-0.3, -0.25) is 4.79 Å². The number of rotatable bonds is 3. The molecule has 15 heavy (non-hydrogen) atoms. The van der Waals surface area contributed by atoms with Crippen LogP contribution >= 0.6 is 11.6 Å². The smallest absolute Gasteiger partial charge is 0.312 e. The highest BCUT2D eigenvalue weighted by Gasteiger charge is 2.21. The minimum absolute atomic E-state index is 0.0499. The minimum atomic E-state index is -1.21. The molecule has 0 aliphatic carbocycles. The van der Waals surface area contributed by atoms with Crippen LogP contribution in [-0.4, -0.2) is 17.6 Å². The molecule has 82 valence electrons. The Morgan fingerprint density at radius 2 is 2.13 bits per heavy atom. The van der Waals surface area contributed by atoms with Crippen molar-refractivity contribution in [2.45, 2.75) is 5.92 Å². The van der Waals surface area contributed by atoms with Gasteiger partial charge in [0.2, 0.25) is 0 Å². The monoisotopic (exact) mass is 235 g/mol. The molecule has 1 rings (SSSR count). The van der Waals surface area contributed by atoms with Gasteiger partial charge in [-0.05, 0) is 17.7 Å². The van der Waals surface area contributed by atoms with Crippen LogP contribution in [0.25, 0.3) is 0 Å². The number of carboxylic acids is 1. The van der Waals surface area contributed by atoms with E-state index in [4.69, 9.17) is 22.4 Å². The van der Waals surface area contributed by atoms with Crippen molar-refractivity contribution in [2.75, 3.05) is 6.54 Å². The zero-order valence-corrected chi connectivity index (χ0v) is 8.26. The van der Waals surface area contributed by atoms with Gasteiger partial charge >= 0.3 is 5.97 Å². The van der Waals surface area contributed by atoms with Crippen molar-refractivity contribution in [1.82, 2.24) is 0 Å². The van der Waals surface area contributed by atoms with Gasteiger partial charge in [-0.2, -0.15) is 0 Å². The number of carboxylic acid groups (broad SMARTS) is 1. The van der Waals surface area contributed by atoms with Crippen molar-refractivity contribution in [3.8, 4) is 0 Å². The summed E-state index contributed by atoms with van der Waals surface area (Å²) in [6.07, 6.45) is 0. The van der Waals surface area contributed by atoms with Gasteiger partial charge in [0.15, 0.2) is 11.6 Å². The van der Waals surface area contributed by atoms with Gasteiger partial charge in [0, 0.05) is 6.54 Å². The van der Waals surface area contributed by atoms with Crippen molar-refractivity contribution in [2.24, 2.45) is 5.73 Å². The molecule has 6 heteroatoms. The number of hydrogen-bond acceptors (Lipinski definition) is 2. The van der Waals surface area contributed by atoms with Gasteiger partial charge < -0.3 is 10.8 Å². The molecule has 3 N–H and O–H groups in total. The van der Waals surface area contributed by atoms with E-state index >= 15 is 0 Å². The Balaban J connectivity index is 3.20. The van der Waals surface area contributed by atoms with E-state index in [2.05, 4.69) is 0 Å². The van der Waals surface area contributed by atoms with Crippen LogP contribution in [0.5, 0.6) is 0 Å². The van der Waals surface area contributed by atoms with Crippen molar-refractivity contribution in [3.05, 3.63) is 34.4 Å². The molecule has 0 saturated heterocycles. The molecule has 1 aromatic carbocycles. The molecule has 0 radical (unpaired) electrons. The SMILES string of the molecule is NCC(C(=O)O)c1cc(F)c(F)c(Cl)c1. The van der Waals surface area contributed by atoms with Gasteiger partial charge in [-0.15, -0.1) is 0 Å². The number of nitrogens with two attached hydrogens (primary N) is 1. The maximum absolute atomic E-state index is 12.9. The van der Waals surface area contributed by atoms with Crippen LogP contribution in [0.1, 0.15) is 11.5 Å². The van der Waals surface area contributed by atoms with Crippen LogP contribution in [0.2, 0.25) is 5.02 Å². The number of carbonyl (C=O) groups is 1. The Morgan fingerprint density at radius 1 is 1.53 bits per heavy atom. The van der Waals surface area contributed by atoms with Gasteiger partial charge in [0.1, 0.15) is 0 Å². The largest absolute Gasteiger partial charge is 0.481 e. The first kappa shape index (κ1) is 11.9. The maximum atomic E-state index is 12.9. The Morgan fingerprint density at radius 3 is 2.53 bits per heavy atom. The highest BCUT2D eigenvalue weighted by atomic mass is 35.5. The van der Waals surface area contributed by atoms with Crippen LogP contribution in [0, 0.1) is 11.6 Å². The van der Waals surface area contributed by atoms with Crippen LogP contribution < -0.4 is 5.73 Å². The molecule has 0 aliphatic heterocycles. The van der Waals surface area contributed by atoms with Gasteiger partial charge in [-0.25, -0.2) is 8.78 Å². The molecule has 0 fully saturated rings. The molecule has 1 atom stereocenters. The van der Waals surface area contributed by atoms with Crippen LogP contribution in [0.4, 0.5) is 8.78 Å². The summed E-state index contributed by atoms with van der Waals surface area (Å²) >= 11 is 5.38. The summed E-state index contributed by atoms with van der Waals surface area (Å²) in [5.41, 5.74) is 5.25. The summed E-state index contributed by atoms with van der Waals surface area (Å²) in [6, 6.07) is 1.85. The molecule has 0 spiro atoms. The maximum Gasteiger partial charge on any atom is 0.312 e. The predicted octanol–water partition coefficient (Wildman–Crippen LogP) is 1.75. The zero-order valence-electron chi connectivity index (χ0n) is 7.51. The normalized spacial score (nSPS) is 12.5. The molecule has 1 aromatic rings.